The van der Waals surface area contributed by atoms with Gasteiger partial charge in [-0.15, -0.1) is 20.4 Å². The fourth-order valence-electron chi connectivity index (χ4n) is 3.33. The molecule has 0 spiro atoms. The molecule has 150 valence electrons. The number of likely N-dealkylation sites (N-methyl/N-ethyl adjacent to an activating group) is 1. The van der Waals surface area contributed by atoms with Crippen LogP contribution in [0.3, 0.4) is 0 Å². The molecule has 1 atom stereocenters. The fourth-order valence-corrected chi connectivity index (χ4v) is 3.33. The van der Waals surface area contributed by atoms with Crippen molar-refractivity contribution in [2.45, 2.75) is 58.5 Å². The highest BCUT2D eigenvalue weighted by atomic mass is 16.4. The van der Waals surface area contributed by atoms with Gasteiger partial charge in [0.15, 0.2) is 11.3 Å². The molecule has 0 aromatic carbocycles. The Labute approximate surface area is 163 Å². The Bertz CT molecular complexity index is 1000. The Morgan fingerprint density at radius 1 is 1.18 bits per heavy atom. The molecule has 0 bridgehead atoms. The zero-order chi connectivity index (χ0) is 20.1. The number of rotatable bonds is 4. The van der Waals surface area contributed by atoms with E-state index in [2.05, 4.69) is 63.3 Å². The van der Waals surface area contributed by atoms with Crippen LogP contribution < -0.4 is 10.2 Å². The van der Waals surface area contributed by atoms with Gasteiger partial charge in [0.05, 0.1) is 0 Å². The highest BCUT2D eigenvalue weighted by molar-refractivity contribution is 5.83. The minimum absolute atomic E-state index is 0.0520. The molecule has 0 radical (unpaired) electrons. The Balaban J connectivity index is 1.77. The summed E-state index contributed by atoms with van der Waals surface area (Å²) in [5.41, 5.74) is 1.15. The summed E-state index contributed by atoms with van der Waals surface area (Å²) < 4.78 is 5.46. The second kappa shape index (κ2) is 6.47. The molecule has 1 unspecified atom stereocenters. The lowest BCUT2D eigenvalue weighted by Crippen LogP contribution is -2.42. The van der Waals surface area contributed by atoms with E-state index in [1.54, 1.807) is 11.7 Å². The zero-order valence-electron chi connectivity index (χ0n) is 17.3. The second-order valence-electron chi connectivity index (χ2n) is 8.72. The van der Waals surface area contributed by atoms with Crippen LogP contribution in [-0.4, -0.2) is 60.8 Å². The number of nitrogens with one attached hydrogen (secondary N) is 1. The molecule has 0 saturated carbocycles. The number of aryl methyl sites for hydroxylation is 1. The fraction of sp³-hybridized carbons (Fsp3) is 0.667. The molecule has 28 heavy (non-hydrogen) atoms. The van der Waals surface area contributed by atoms with Crippen LogP contribution in [0.2, 0.25) is 0 Å². The number of hydrogen-bond donors (Lipinski definition) is 1. The highest BCUT2D eigenvalue weighted by Crippen LogP contribution is 2.31. The van der Waals surface area contributed by atoms with Gasteiger partial charge < -0.3 is 14.6 Å². The van der Waals surface area contributed by atoms with Gasteiger partial charge in [-0.2, -0.15) is 4.80 Å². The number of hydrogen-bond acceptors (Lipinski definition) is 9. The molecule has 1 aliphatic heterocycles. The van der Waals surface area contributed by atoms with Gasteiger partial charge in [0.2, 0.25) is 17.4 Å². The van der Waals surface area contributed by atoms with E-state index < -0.39 is 0 Å². The van der Waals surface area contributed by atoms with Gasteiger partial charge in [0.1, 0.15) is 12.4 Å². The molecule has 1 fully saturated rings. The summed E-state index contributed by atoms with van der Waals surface area (Å²) in [5, 5.41) is 20.5. The maximum Gasteiger partial charge on any atom is 0.239 e. The van der Waals surface area contributed by atoms with Crippen LogP contribution >= 0.6 is 0 Å². The van der Waals surface area contributed by atoms with Crippen LogP contribution in [0, 0.1) is 6.92 Å². The lowest BCUT2D eigenvalue weighted by Gasteiger charge is -2.25. The van der Waals surface area contributed by atoms with Crippen LogP contribution in [0.5, 0.6) is 0 Å². The van der Waals surface area contributed by atoms with Crippen molar-refractivity contribution >= 4 is 17.0 Å². The van der Waals surface area contributed by atoms with Gasteiger partial charge in [-0.1, -0.05) is 20.8 Å². The van der Waals surface area contributed by atoms with Crippen molar-refractivity contribution in [3.05, 3.63) is 17.6 Å². The largest absolute Gasteiger partial charge is 0.423 e. The molecule has 10 nitrogen and oxygen atoms in total. The highest BCUT2D eigenvalue weighted by Gasteiger charge is 2.35. The average Bonchev–Trinajstić information content (AvgIpc) is 3.32. The monoisotopic (exact) mass is 385 g/mol. The molecule has 10 heteroatoms. The Kier molecular flexibility index (Phi) is 4.33. The van der Waals surface area contributed by atoms with Gasteiger partial charge in [0, 0.05) is 31.0 Å². The smallest absolute Gasteiger partial charge is 0.239 e. The molecule has 1 N–H and O–H groups in total. The third-order valence-corrected chi connectivity index (χ3v) is 5.16. The first-order valence-electron chi connectivity index (χ1n) is 9.53. The lowest BCUT2D eigenvalue weighted by atomic mass is 9.96. The minimum atomic E-state index is -0.192. The Hall–Kier alpha value is -2.62. The standard InChI is InChI=1S/C18H27N9O/c1-11-22-23-12(28-11)9-27-24-13-14(25-27)20-16(17(2,3)4)21-15(13)26-8-7-18(5,10-26)19-6/h19H,7-10H2,1-6H3. The average molecular weight is 385 g/mol. The maximum atomic E-state index is 5.46. The predicted molar refractivity (Wildman–Crippen MR) is 104 cm³/mol. The van der Waals surface area contributed by atoms with Crippen LogP contribution in [0.15, 0.2) is 4.42 Å². The third kappa shape index (κ3) is 3.44. The van der Waals surface area contributed by atoms with Crippen molar-refractivity contribution < 1.29 is 4.42 Å². The summed E-state index contributed by atoms with van der Waals surface area (Å²) in [5.74, 6) is 2.58. The van der Waals surface area contributed by atoms with Crippen molar-refractivity contribution in [1.82, 2.24) is 40.5 Å². The molecule has 0 aliphatic carbocycles. The molecular formula is C18H27N9O. The number of aromatic nitrogens is 7. The van der Waals surface area contributed by atoms with Crippen molar-refractivity contribution in [3.63, 3.8) is 0 Å². The molecule has 1 saturated heterocycles. The summed E-state index contributed by atoms with van der Waals surface area (Å²) in [7, 11) is 2.00. The van der Waals surface area contributed by atoms with Crippen LogP contribution in [-0.2, 0) is 12.0 Å². The van der Waals surface area contributed by atoms with Crippen molar-refractivity contribution in [2.24, 2.45) is 0 Å². The van der Waals surface area contributed by atoms with Gasteiger partial charge in [-0.05, 0) is 20.4 Å². The lowest BCUT2D eigenvalue weighted by molar-refractivity contribution is 0.428. The Morgan fingerprint density at radius 3 is 2.57 bits per heavy atom. The normalized spacial score (nSPS) is 20.4. The molecular weight excluding hydrogens is 358 g/mol. The second-order valence-corrected chi connectivity index (χ2v) is 8.72. The van der Waals surface area contributed by atoms with E-state index in [1.807, 2.05) is 7.05 Å². The quantitative estimate of drug-likeness (QED) is 0.713. The first-order chi connectivity index (χ1) is 13.2. The van der Waals surface area contributed by atoms with E-state index in [9.17, 15) is 0 Å². The van der Waals surface area contributed by atoms with Gasteiger partial charge in [-0.3, -0.25) is 0 Å². The maximum absolute atomic E-state index is 5.46. The minimum Gasteiger partial charge on any atom is -0.423 e. The Morgan fingerprint density at radius 2 is 1.96 bits per heavy atom. The van der Waals surface area contributed by atoms with Gasteiger partial charge in [0.25, 0.3) is 0 Å². The van der Waals surface area contributed by atoms with Crippen molar-refractivity contribution in [3.8, 4) is 0 Å². The van der Waals surface area contributed by atoms with E-state index in [0.717, 1.165) is 31.2 Å². The number of fused-ring (bicyclic) bond motifs is 1. The summed E-state index contributed by atoms with van der Waals surface area (Å²) in [4.78, 5) is 13.4. The summed E-state index contributed by atoms with van der Waals surface area (Å²) in [6, 6.07) is 0. The van der Waals surface area contributed by atoms with E-state index in [0.29, 0.717) is 29.5 Å². The van der Waals surface area contributed by atoms with E-state index >= 15 is 0 Å². The van der Waals surface area contributed by atoms with Gasteiger partial charge >= 0.3 is 0 Å². The van der Waals surface area contributed by atoms with Crippen LogP contribution in [0.1, 0.15) is 51.7 Å². The summed E-state index contributed by atoms with van der Waals surface area (Å²) >= 11 is 0. The molecule has 0 amide bonds. The molecule has 3 aromatic heterocycles. The zero-order valence-corrected chi connectivity index (χ0v) is 17.3. The molecule has 3 aromatic rings. The van der Waals surface area contributed by atoms with Crippen molar-refractivity contribution in [1.29, 1.82) is 0 Å². The molecule has 1 aliphatic rings. The summed E-state index contributed by atoms with van der Waals surface area (Å²) in [6.07, 6.45) is 1.04. The van der Waals surface area contributed by atoms with E-state index in [-0.39, 0.29) is 11.0 Å². The van der Waals surface area contributed by atoms with E-state index in [1.165, 1.54) is 0 Å². The summed E-state index contributed by atoms with van der Waals surface area (Å²) in [6.45, 7) is 12.4. The topological polar surface area (TPSA) is 111 Å². The first kappa shape index (κ1) is 18.7. The van der Waals surface area contributed by atoms with Crippen LogP contribution in [0.25, 0.3) is 11.2 Å². The SMILES string of the molecule is CNC1(C)CCN(c2nc(C(C)(C)C)nc3nn(Cc4nnc(C)o4)nc23)C1. The van der Waals surface area contributed by atoms with Crippen molar-refractivity contribution in [2.75, 3.05) is 25.0 Å². The number of anilines is 1. The third-order valence-electron chi connectivity index (χ3n) is 5.16. The van der Waals surface area contributed by atoms with Crippen LogP contribution in [0.4, 0.5) is 5.82 Å². The molecule has 4 rings (SSSR count). The molecule has 4 heterocycles. The van der Waals surface area contributed by atoms with E-state index in [4.69, 9.17) is 9.40 Å². The predicted octanol–water partition coefficient (Wildman–Crippen LogP) is 1.45. The van der Waals surface area contributed by atoms with Gasteiger partial charge in [-0.25, -0.2) is 9.97 Å². The first-order valence-corrected chi connectivity index (χ1v) is 9.53. The number of nitrogens with zero attached hydrogens (tertiary/aromatic N) is 8.